The lowest BCUT2D eigenvalue weighted by Gasteiger charge is -2.12. The molecule has 3 N–H and O–H groups in total. The van der Waals surface area contributed by atoms with Crippen molar-refractivity contribution in [2.45, 2.75) is 32.6 Å². The second kappa shape index (κ2) is 9.42. The molecule has 29 heavy (non-hydrogen) atoms. The van der Waals surface area contributed by atoms with Crippen LogP contribution in [0.3, 0.4) is 0 Å². The van der Waals surface area contributed by atoms with Gasteiger partial charge in [0.05, 0.1) is 25.5 Å². The smallest absolute Gasteiger partial charge is 0.341 e. The second-order valence-electron chi connectivity index (χ2n) is 6.39. The van der Waals surface area contributed by atoms with Gasteiger partial charge in [-0.2, -0.15) is 5.10 Å². The number of benzene rings is 1. The number of carbonyl (C=O) groups is 2. The molecule has 0 atom stereocenters. The van der Waals surface area contributed by atoms with Crippen LogP contribution in [0.15, 0.2) is 23.3 Å². The van der Waals surface area contributed by atoms with E-state index in [0.29, 0.717) is 21.9 Å². The van der Waals surface area contributed by atoms with Crippen molar-refractivity contribution in [1.82, 2.24) is 5.43 Å². The molecule has 0 saturated carbocycles. The molecule has 1 aromatic carbocycles. The summed E-state index contributed by atoms with van der Waals surface area (Å²) in [6.45, 7) is 2.03. The van der Waals surface area contributed by atoms with Gasteiger partial charge in [-0.25, -0.2) is 15.0 Å². The standard InChI is InChI=1S/C20H23N3O5S/c1-3-28-19(25)17-13-6-4-5-7-16(13)29-18(17)22-20(26)23-21-11-12-8-9-14(24)15(10-12)27-2/h8-11,24H,3-7H2,1-2H3,(H2,22,23,26). The molecule has 1 aliphatic carbocycles. The lowest BCUT2D eigenvalue weighted by molar-refractivity contribution is 0.0526. The van der Waals surface area contributed by atoms with E-state index in [1.165, 1.54) is 30.7 Å². The molecule has 0 unspecified atom stereocenters. The molecule has 0 radical (unpaired) electrons. The number of thiophene rings is 1. The SMILES string of the molecule is CCOC(=O)c1c(NC(=O)NN=Cc2ccc(O)c(OC)c2)sc2c1CCCC2. The first kappa shape index (κ1) is 20.7. The van der Waals surface area contributed by atoms with E-state index in [2.05, 4.69) is 15.8 Å². The molecule has 0 bridgehead atoms. The average molecular weight is 417 g/mol. The van der Waals surface area contributed by atoms with Gasteiger partial charge in [-0.3, -0.25) is 5.32 Å². The van der Waals surface area contributed by atoms with Crippen molar-refractivity contribution >= 4 is 34.6 Å². The van der Waals surface area contributed by atoms with Crippen molar-refractivity contribution < 1.29 is 24.2 Å². The van der Waals surface area contributed by atoms with E-state index in [4.69, 9.17) is 9.47 Å². The maximum atomic E-state index is 12.4. The summed E-state index contributed by atoms with van der Waals surface area (Å²) in [6.07, 6.45) is 5.22. The molecular formula is C20H23N3O5S. The van der Waals surface area contributed by atoms with Crippen molar-refractivity contribution in [3.05, 3.63) is 39.8 Å². The average Bonchev–Trinajstić information content (AvgIpc) is 3.07. The van der Waals surface area contributed by atoms with E-state index in [0.717, 1.165) is 36.1 Å². The Balaban J connectivity index is 1.70. The first-order chi connectivity index (χ1) is 14.0. The van der Waals surface area contributed by atoms with Gasteiger partial charge in [0.15, 0.2) is 11.5 Å². The van der Waals surface area contributed by atoms with E-state index in [-0.39, 0.29) is 12.4 Å². The highest BCUT2D eigenvalue weighted by molar-refractivity contribution is 7.17. The van der Waals surface area contributed by atoms with Crippen LogP contribution in [0, 0.1) is 0 Å². The second-order valence-corrected chi connectivity index (χ2v) is 7.50. The lowest BCUT2D eigenvalue weighted by Crippen LogP contribution is -2.25. The Labute approximate surface area is 172 Å². The zero-order valence-corrected chi connectivity index (χ0v) is 17.1. The highest BCUT2D eigenvalue weighted by Gasteiger charge is 2.27. The fourth-order valence-corrected chi connectivity index (χ4v) is 4.42. The summed E-state index contributed by atoms with van der Waals surface area (Å²) in [5.74, 6) is -0.0907. The topological polar surface area (TPSA) is 109 Å². The number of esters is 1. The van der Waals surface area contributed by atoms with E-state index in [1.807, 2.05) is 0 Å². The molecule has 154 valence electrons. The van der Waals surface area contributed by atoms with E-state index in [9.17, 15) is 14.7 Å². The molecule has 2 aromatic rings. The molecule has 1 aliphatic rings. The number of carbonyl (C=O) groups excluding carboxylic acids is 2. The molecule has 0 spiro atoms. The van der Waals surface area contributed by atoms with Crippen molar-refractivity contribution in [2.75, 3.05) is 19.0 Å². The molecule has 1 heterocycles. The van der Waals surface area contributed by atoms with E-state index >= 15 is 0 Å². The molecule has 1 aromatic heterocycles. The van der Waals surface area contributed by atoms with Crippen LogP contribution >= 0.6 is 11.3 Å². The molecular weight excluding hydrogens is 394 g/mol. The fourth-order valence-electron chi connectivity index (χ4n) is 3.14. The van der Waals surface area contributed by atoms with E-state index < -0.39 is 12.0 Å². The first-order valence-electron chi connectivity index (χ1n) is 9.32. The number of phenolic OH excluding ortho intramolecular Hbond substituents is 1. The van der Waals surface area contributed by atoms with Crippen molar-refractivity contribution in [2.24, 2.45) is 5.10 Å². The van der Waals surface area contributed by atoms with Crippen LogP contribution in [0.4, 0.5) is 9.80 Å². The summed E-state index contributed by atoms with van der Waals surface area (Å²) >= 11 is 1.41. The van der Waals surface area contributed by atoms with Gasteiger partial charge in [0.2, 0.25) is 0 Å². The largest absolute Gasteiger partial charge is 0.504 e. The third-order valence-corrected chi connectivity index (χ3v) is 5.67. The van der Waals surface area contributed by atoms with Crippen molar-refractivity contribution in [3.8, 4) is 11.5 Å². The number of fused-ring (bicyclic) bond motifs is 1. The van der Waals surface area contributed by atoms with Gasteiger partial charge in [0, 0.05) is 4.88 Å². The Kier molecular flexibility index (Phi) is 6.71. The number of anilines is 1. The number of nitrogens with zero attached hydrogens (tertiary/aromatic N) is 1. The molecule has 0 aliphatic heterocycles. The van der Waals surface area contributed by atoms with Crippen molar-refractivity contribution in [1.29, 1.82) is 0 Å². The lowest BCUT2D eigenvalue weighted by atomic mass is 9.95. The van der Waals surface area contributed by atoms with Crippen LogP contribution in [0.25, 0.3) is 0 Å². The Morgan fingerprint density at radius 1 is 1.31 bits per heavy atom. The minimum absolute atomic E-state index is 0.0171. The summed E-state index contributed by atoms with van der Waals surface area (Å²) in [4.78, 5) is 25.8. The third kappa shape index (κ3) is 4.86. The van der Waals surface area contributed by atoms with Crippen LogP contribution in [0.1, 0.15) is 46.1 Å². The first-order valence-corrected chi connectivity index (χ1v) is 10.1. The number of hydrogen-bond donors (Lipinski definition) is 3. The maximum Gasteiger partial charge on any atom is 0.341 e. The molecule has 0 fully saturated rings. The number of rotatable bonds is 6. The molecule has 8 nitrogen and oxygen atoms in total. The number of methoxy groups -OCH3 is 1. The number of aryl methyl sites for hydroxylation is 1. The van der Waals surface area contributed by atoms with Crippen LogP contribution in [-0.4, -0.2) is 37.0 Å². The van der Waals surface area contributed by atoms with Crippen LogP contribution < -0.4 is 15.5 Å². The summed E-state index contributed by atoms with van der Waals surface area (Å²) in [7, 11) is 1.45. The predicted octanol–water partition coefficient (Wildman–Crippen LogP) is 3.67. The van der Waals surface area contributed by atoms with Crippen molar-refractivity contribution in [3.63, 3.8) is 0 Å². The third-order valence-electron chi connectivity index (χ3n) is 4.46. The van der Waals surface area contributed by atoms with Gasteiger partial charge in [-0.1, -0.05) is 0 Å². The summed E-state index contributed by atoms with van der Waals surface area (Å²) in [5, 5.41) is 16.7. The number of aromatic hydroxyl groups is 1. The molecule has 9 heteroatoms. The number of hydrogen-bond acceptors (Lipinski definition) is 7. The molecule has 0 saturated heterocycles. The van der Waals surface area contributed by atoms with Gasteiger partial charge >= 0.3 is 12.0 Å². The molecule has 3 rings (SSSR count). The summed E-state index contributed by atoms with van der Waals surface area (Å²) in [5.41, 5.74) is 4.45. The number of urea groups is 1. The van der Waals surface area contributed by atoms with Crippen LogP contribution in [0.2, 0.25) is 0 Å². The maximum absolute atomic E-state index is 12.4. The normalized spacial score (nSPS) is 13.0. The highest BCUT2D eigenvalue weighted by atomic mass is 32.1. The monoisotopic (exact) mass is 417 g/mol. The predicted molar refractivity (Wildman–Crippen MR) is 111 cm³/mol. The van der Waals surface area contributed by atoms with Gasteiger partial charge in [-0.15, -0.1) is 11.3 Å². The van der Waals surface area contributed by atoms with Crippen LogP contribution in [-0.2, 0) is 17.6 Å². The van der Waals surface area contributed by atoms with E-state index in [1.54, 1.807) is 19.1 Å². The Bertz CT molecular complexity index is 938. The molecule has 2 amide bonds. The van der Waals surface area contributed by atoms with Gasteiger partial charge in [-0.05, 0) is 61.9 Å². The van der Waals surface area contributed by atoms with Gasteiger partial charge in [0.1, 0.15) is 5.00 Å². The minimum Gasteiger partial charge on any atom is -0.504 e. The highest BCUT2D eigenvalue weighted by Crippen LogP contribution is 2.38. The Morgan fingerprint density at radius 2 is 2.10 bits per heavy atom. The zero-order chi connectivity index (χ0) is 20.8. The Hall–Kier alpha value is -3.07. The minimum atomic E-state index is -0.559. The zero-order valence-electron chi connectivity index (χ0n) is 16.3. The number of phenols is 1. The van der Waals surface area contributed by atoms with Gasteiger partial charge in [0.25, 0.3) is 0 Å². The number of hydrazone groups is 1. The summed E-state index contributed by atoms with van der Waals surface area (Å²) < 4.78 is 10.2. The van der Waals surface area contributed by atoms with Crippen LogP contribution in [0.5, 0.6) is 11.5 Å². The fraction of sp³-hybridized carbons (Fsp3) is 0.350. The summed E-state index contributed by atoms with van der Waals surface area (Å²) in [6, 6.07) is 4.14. The van der Waals surface area contributed by atoms with Gasteiger partial charge < -0.3 is 14.6 Å². The number of amides is 2. The quantitative estimate of drug-likeness (QED) is 0.377. The number of ether oxygens (including phenoxy) is 2. The Morgan fingerprint density at radius 3 is 2.86 bits per heavy atom. The number of nitrogens with one attached hydrogen (secondary N) is 2.